The van der Waals surface area contributed by atoms with Crippen LogP contribution in [0.3, 0.4) is 0 Å². The fourth-order valence-corrected chi connectivity index (χ4v) is 1.56. The SMILES string of the molecule is CCCC(Oc1ccccc1C)C(=O)OCC. The first-order chi connectivity index (χ1) is 8.19. The van der Waals surface area contributed by atoms with Crippen LogP contribution in [0.2, 0.25) is 0 Å². The maximum atomic E-state index is 11.7. The van der Waals surface area contributed by atoms with Crippen molar-refractivity contribution in [1.29, 1.82) is 0 Å². The minimum Gasteiger partial charge on any atom is -0.478 e. The molecule has 1 aromatic rings. The quantitative estimate of drug-likeness (QED) is 0.712. The second kappa shape index (κ2) is 6.94. The molecule has 17 heavy (non-hydrogen) atoms. The summed E-state index contributed by atoms with van der Waals surface area (Å²) >= 11 is 0. The van der Waals surface area contributed by atoms with Crippen LogP contribution < -0.4 is 4.74 Å². The monoisotopic (exact) mass is 236 g/mol. The first-order valence-corrected chi connectivity index (χ1v) is 6.08. The molecule has 0 aliphatic rings. The first kappa shape index (κ1) is 13.6. The van der Waals surface area contributed by atoms with Gasteiger partial charge in [0.25, 0.3) is 0 Å². The van der Waals surface area contributed by atoms with Crippen LogP contribution >= 0.6 is 0 Å². The molecule has 0 fully saturated rings. The highest BCUT2D eigenvalue weighted by Crippen LogP contribution is 2.19. The van der Waals surface area contributed by atoms with Crippen LogP contribution in [0.25, 0.3) is 0 Å². The number of aryl methyl sites for hydroxylation is 1. The largest absolute Gasteiger partial charge is 0.478 e. The smallest absolute Gasteiger partial charge is 0.347 e. The van der Waals surface area contributed by atoms with Gasteiger partial charge in [-0.15, -0.1) is 0 Å². The summed E-state index contributed by atoms with van der Waals surface area (Å²) in [6, 6.07) is 7.68. The summed E-state index contributed by atoms with van der Waals surface area (Å²) in [6.07, 6.45) is 1.06. The Morgan fingerprint density at radius 1 is 1.29 bits per heavy atom. The molecule has 3 heteroatoms. The minimum absolute atomic E-state index is 0.280. The first-order valence-electron chi connectivity index (χ1n) is 6.08. The van der Waals surface area contributed by atoms with Crippen LogP contribution in [0.5, 0.6) is 5.75 Å². The van der Waals surface area contributed by atoms with E-state index in [-0.39, 0.29) is 5.97 Å². The van der Waals surface area contributed by atoms with E-state index in [1.165, 1.54) is 0 Å². The molecule has 3 nitrogen and oxygen atoms in total. The Morgan fingerprint density at radius 3 is 2.59 bits per heavy atom. The van der Waals surface area contributed by atoms with Gasteiger partial charge in [0, 0.05) is 0 Å². The van der Waals surface area contributed by atoms with Crippen molar-refractivity contribution in [2.75, 3.05) is 6.61 Å². The molecule has 0 heterocycles. The Bertz CT molecular complexity index is 360. The second-order valence-corrected chi connectivity index (χ2v) is 3.91. The molecule has 0 bridgehead atoms. The summed E-state index contributed by atoms with van der Waals surface area (Å²) in [7, 11) is 0. The van der Waals surface area contributed by atoms with E-state index in [4.69, 9.17) is 9.47 Å². The van der Waals surface area contributed by atoms with Gasteiger partial charge in [0.2, 0.25) is 0 Å². The molecule has 1 aromatic carbocycles. The van der Waals surface area contributed by atoms with Gasteiger partial charge >= 0.3 is 5.97 Å². The minimum atomic E-state index is -0.499. The Labute approximate surface area is 103 Å². The van der Waals surface area contributed by atoms with Crippen LogP contribution in [0, 0.1) is 6.92 Å². The molecule has 0 aliphatic heterocycles. The molecule has 1 atom stereocenters. The molecule has 0 aliphatic carbocycles. The van der Waals surface area contributed by atoms with E-state index in [0.717, 1.165) is 17.7 Å². The van der Waals surface area contributed by atoms with Gasteiger partial charge in [0.05, 0.1) is 6.61 Å². The second-order valence-electron chi connectivity index (χ2n) is 3.91. The average Bonchev–Trinajstić information content (AvgIpc) is 2.31. The molecule has 0 amide bonds. The molecular formula is C14H20O3. The predicted octanol–water partition coefficient (Wildman–Crippen LogP) is 3.11. The number of benzene rings is 1. The highest BCUT2D eigenvalue weighted by molar-refractivity contribution is 5.75. The zero-order valence-corrected chi connectivity index (χ0v) is 10.7. The zero-order valence-electron chi connectivity index (χ0n) is 10.7. The van der Waals surface area contributed by atoms with Crippen LogP contribution in [-0.4, -0.2) is 18.7 Å². The van der Waals surface area contributed by atoms with Gasteiger partial charge < -0.3 is 9.47 Å². The van der Waals surface area contributed by atoms with Crippen LogP contribution in [0.1, 0.15) is 32.3 Å². The summed E-state index contributed by atoms with van der Waals surface area (Å²) in [6.45, 7) is 6.17. The topological polar surface area (TPSA) is 35.5 Å². The van der Waals surface area contributed by atoms with Gasteiger partial charge in [-0.2, -0.15) is 0 Å². The summed E-state index contributed by atoms with van der Waals surface area (Å²) in [5.41, 5.74) is 1.03. The number of hydrogen-bond acceptors (Lipinski definition) is 3. The Kier molecular flexibility index (Phi) is 5.53. The lowest BCUT2D eigenvalue weighted by Crippen LogP contribution is -2.29. The summed E-state index contributed by atoms with van der Waals surface area (Å²) < 4.78 is 10.7. The molecule has 0 aromatic heterocycles. The Morgan fingerprint density at radius 2 is 2.00 bits per heavy atom. The van der Waals surface area contributed by atoms with Crippen molar-refractivity contribution < 1.29 is 14.3 Å². The van der Waals surface area contributed by atoms with Gasteiger partial charge in [0.15, 0.2) is 6.10 Å². The molecule has 1 unspecified atom stereocenters. The van der Waals surface area contributed by atoms with E-state index >= 15 is 0 Å². The van der Waals surface area contributed by atoms with Crippen molar-refractivity contribution in [1.82, 2.24) is 0 Å². The molecule has 1 rings (SSSR count). The zero-order chi connectivity index (χ0) is 12.7. The number of para-hydroxylation sites is 1. The normalized spacial score (nSPS) is 11.9. The van der Waals surface area contributed by atoms with Crippen molar-refractivity contribution in [2.24, 2.45) is 0 Å². The average molecular weight is 236 g/mol. The number of rotatable bonds is 6. The van der Waals surface area contributed by atoms with Crippen molar-refractivity contribution in [3.63, 3.8) is 0 Å². The summed E-state index contributed by atoms with van der Waals surface area (Å²) in [5.74, 6) is 0.469. The standard InChI is InChI=1S/C14H20O3/c1-4-8-13(14(15)16-5-2)17-12-10-7-6-9-11(12)3/h6-7,9-10,13H,4-5,8H2,1-3H3. The molecule has 94 valence electrons. The van der Waals surface area contributed by atoms with E-state index in [1.54, 1.807) is 6.92 Å². The van der Waals surface area contributed by atoms with Gasteiger partial charge in [-0.3, -0.25) is 0 Å². The molecule has 0 N–H and O–H groups in total. The fourth-order valence-electron chi connectivity index (χ4n) is 1.56. The molecule has 0 saturated carbocycles. The number of carbonyl (C=O) groups is 1. The maximum Gasteiger partial charge on any atom is 0.347 e. The van der Waals surface area contributed by atoms with Crippen molar-refractivity contribution in [3.8, 4) is 5.75 Å². The lowest BCUT2D eigenvalue weighted by molar-refractivity contribution is -0.151. The lowest BCUT2D eigenvalue weighted by atomic mass is 10.2. The van der Waals surface area contributed by atoms with Gasteiger partial charge in [-0.1, -0.05) is 31.5 Å². The molecule has 0 saturated heterocycles. The third-order valence-electron chi connectivity index (χ3n) is 2.46. The third-order valence-corrected chi connectivity index (χ3v) is 2.46. The van der Waals surface area contributed by atoms with E-state index in [1.807, 2.05) is 38.1 Å². The summed E-state index contributed by atoms with van der Waals surface area (Å²) in [4.78, 5) is 11.7. The van der Waals surface area contributed by atoms with E-state index in [2.05, 4.69) is 0 Å². The third kappa shape index (κ3) is 4.10. The lowest BCUT2D eigenvalue weighted by Gasteiger charge is -2.18. The highest BCUT2D eigenvalue weighted by Gasteiger charge is 2.21. The van der Waals surface area contributed by atoms with Crippen LogP contribution in [-0.2, 0) is 9.53 Å². The molecular weight excluding hydrogens is 216 g/mol. The van der Waals surface area contributed by atoms with Crippen molar-refractivity contribution >= 4 is 5.97 Å². The number of esters is 1. The van der Waals surface area contributed by atoms with E-state index in [9.17, 15) is 4.79 Å². The van der Waals surface area contributed by atoms with Crippen LogP contribution in [0.15, 0.2) is 24.3 Å². The fraction of sp³-hybridized carbons (Fsp3) is 0.500. The maximum absolute atomic E-state index is 11.7. The van der Waals surface area contributed by atoms with Gasteiger partial charge in [-0.25, -0.2) is 4.79 Å². The van der Waals surface area contributed by atoms with E-state index < -0.39 is 6.10 Å². The Hall–Kier alpha value is -1.51. The number of carbonyl (C=O) groups excluding carboxylic acids is 1. The van der Waals surface area contributed by atoms with Crippen molar-refractivity contribution in [2.45, 2.75) is 39.7 Å². The summed E-state index contributed by atoms with van der Waals surface area (Å²) in [5, 5.41) is 0. The van der Waals surface area contributed by atoms with Crippen molar-refractivity contribution in [3.05, 3.63) is 29.8 Å². The van der Waals surface area contributed by atoms with Crippen LogP contribution in [0.4, 0.5) is 0 Å². The van der Waals surface area contributed by atoms with Gasteiger partial charge in [0.1, 0.15) is 5.75 Å². The molecule has 0 spiro atoms. The number of ether oxygens (including phenoxy) is 2. The molecule has 0 radical (unpaired) electrons. The van der Waals surface area contributed by atoms with Gasteiger partial charge in [-0.05, 0) is 31.9 Å². The number of hydrogen-bond donors (Lipinski definition) is 0. The Balaban J connectivity index is 2.73. The van der Waals surface area contributed by atoms with E-state index in [0.29, 0.717) is 13.0 Å². The predicted molar refractivity (Wildman–Crippen MR) is 67.1 cm³/mol. The highest BCUT2D eigenvalue weighted by atomic mass is 16.6.